The molecule has 1 unspecified atom stereocenters. The number of nitrogens with one attached hydrogen (secondary N) is 3. The molecule has 0 radical (unpaired) electrons. The number of carbonyl (C=O) groups is 1. The average Bonchev–Trinajstić information content (AvgIpc) is 2.96. The fourth-order valence-corrected chi connectivity index (χ4v) is 2.35. The van der Waals surface area contributed by atoms with Gasteiger partial charge in [0.15, 0.2) is 0 Å². The van der Waals surface area contributed by atoms with E-state index in [2.05, 4.69) is 20.5 Å². The second-order valence-electron chi connectivity index (χ2n) is 5.19. The number of aliphatic hydroxyl groups excluding tert-OH is 1. The molecule has 0 fully saturated rings. The number of rotatable bonds is 5. The van der Waals surface area contributed by atoms with Crippen LogP contribution in [0.5, 0.6) is 0 Å². The van der Waals surface area contributed by atoms with Gasteiger partial charge >= 0.3 is 0 Å². The Balaban J connectivity index is 1.60. The number of aromatic amines is 2. The Kier molecular flexibility index (Phi) is 4.20. The van der Waals surface area contributed by atoms with Gasteiger partial charge in [0.05, 0.1) is 17.6 Å². The van der Waals surface area contributed by atoms with Crippen molar-refractivity contribution in [1.82, 2.24) is 20.5 Å². The number of hydrogen-bond acceptors (Lipinski definition) is 4. The topological polar surface area (TPSA) is 111 Å². The molecule has 0 aliphatic rings. The molecule has 4 N–H and O–H groups in total. The molecule has 3 aromatic rings. The molecule has 3 rings (SSSR count). The molecule has 2 heterocycles. The molecule has 23 heavy (non-hydrogen) atoms. The summed E-state index contributed by atoms with van der Waals surface area (Å²) in [5.74, 6) is -0.239. The summed E-state index contributed by atoms with van der Waals surface area (Å²) < 4.78 is 0. The van der Waals surface area contributed by atoms with Gasteiger partial charge in [-0.15, -0.1) is 0 Å². The molecule has 7 heteroatoms. The highest BCUT2D eigenvalue weighted by Crippen LogP contribution is 2.15. The molecule has 7 nitrogen and oxygen atoms in total. The van der Waals surface area contributed by atoms with Crippen molar-refractivity contribution in [3.8, 4) is 0 Å². The second kappa shape index (κ2) is 6.45. The Labute approximate surface area is 131 Å². The van der Waals surface area contributed by atoms with Crippen LogP contribution in [-0.2, 0) is 11.2 Å². The van der Waals surface area contributed by atoms with Crippen LogP contribution in [0, 0.1) is 0 Å². The first-order valence-corrected chi connectivity index (χ1v) is 7.19. The van der Waals surface area contributed by atoms with Crippen LogP contribution in [-0.4, -0.2) is 32.7 Å². The average molecular weight is 312 g/mol. The summed E-state index contributed by atoms with van der Waals surface area (Å²) in [7, 11) is 0. The number of aromatic nitrogens is 3. The van der Waals surface area contributed by atoms with Crippen molar-refractivity contribution in [3.05, 3.63) is 64.2 Å². The summed E-state index contributed by atoms with van der Waals surface area (Å²) in [5, 5.41) is 20.5. The monoisotopic (exact) mass is 312 g/mol. The number of pyridine rings is 1. The van der Waals surface area contributed by atoms with Crippen LogP contribution >= 0.6 is 0 Å². The van der Waals surface area contributed by atoms with Gasteiger partial charge in [-0.05, 0) is 12.1 Å². The normalized spacial score (nSPS) is 12.2. The highest BCUT2D eigenvalue weighted by molar-refractivity contribution is 5.87. The number of aliphatic hydroxyl groups is 1. The van der Waals surface area contributed by atoms with Crippen molar-refractivity contribution in [2.24, 2.45) is 0 Å². The van der Waals surface area contributed by atoms with Crippen LogP contribution in [0.25, 0.3) is 10.9 Å². The zero-order chi connectivity index (χ0) is 16.2. The lowest BCUT2D eigenvalue weighted by Crippen LogP contribution is -2.30. The number of hydrogen-bond donors (Lipinski definition) is 4. The Bertz CT molecular complexity index is 884. The number of para-hydroxylation sites is 1. The van der Waals surface area contributed by atoms with Gasteiger partial charge in [0.1, 0.15) is 6.10 Å². The molecule has 0 aliphatic heterocycles. The van der Waals surface area contributed by atoms with E-state index in [1.807, 2.05) is 24.3 Å². The Morgan fingerprint density at radius 3 is 2.87 bits per heavy atom. The van der Waals surface area contributed by atoms with E-state index in [0.717, 1.165) is 16.6 Å². The van der Waals surface area contributed by atoms with Gasteiger partial charge < -0.3 is 15.4 Å². The van der Waals surface area contributed by atoms with E-state index in [9.17, 15) is 14.7 Å². The molecule has 0 spiro atoms. The lowest BCUT2D eigenvalue weighted by Gasteiger charge is -2.11. The van der Waals surface area contributed by atoms with E-state index in [0.29, 0.717) is 5.69 Å². The molecule has 118 valence electrons. The lowest BCUT2D eigenvalue weighted by molar-refractivity contribution is -0.120. The first kappa shape index (κ1) is 15.0. The minimum absolute atomic E-state index is 0.0187. The molecule has 1 amide bonds. The minimum atomic E-state index is -0.966. The molecule has 0 bridgehead atoms. The van der Waals surface area contributed by atoms with E-state index in [-0.39, 0.29) is 24.4 Å². The van der Waals surface area contributed by atoms with Crippen molar-refractivity contribution in [3.63, 3.8) is 0 Å². The highest BCUT2D eigenvalue weighted by atomic mass is 16.3. The largest absolute Gasteiger partial charge is 0.385 e. The van der Waals surface area contributed by atoms with Crippen molar-refractivity contribution in [1.29, 1.82) is 0 Å². The third-order valence-corrected chi connectivity index (χ3v) is 3.52. The van der Waals surface area contributed by atoms with Crippen molar-refractivity contribution in [2.75, 3.05) is 6.54 Å². The van der Waals surface area contributed by atoms with Gasteiger partial charge in [-0.3, -0.25) is 14.7 Å². The fraction of sp³-hybridized carbons (Fsp3) is 0.188. The summed E-state index contributed by atoms with van der Waals surface area (Å²) in [6, 6.07) is 12.0. The smallest absolute Gasteiger partial charge is 0.248 e. The molecule has 1 aromatic carbocycles. The first-order chi connectivity index (χ1) is 11.1. The molecule has 0 aliphatic carbocycles. The number of fused-ring (bicyclic) bond motifs is 1. The summed E-state index contributed by atoms with van der Waals surface area (Å²) in [6.45, 7) is 0.0187. The lowest BCUT2D eigenvalue weighted by atomic mass is 10.1. The van der Waals surface area contributed by atoms with Crippen LogP contribution in [0.2, 0.25) is 0 Å². The predicted octanol–water partition coefficient (Wildman–Crippen LogP) is 0.643. The third-order valence-electron chi connectivity index (χ3n) is 3.52. The van der Waals surface area contributed by atoms with Crippen LogP contribution in [0.4, 0.5) is 0 Å². The number of amides is 1. The molecular formula is C16H16N4O3. The van der Waals surface area contributed by atoms with E-state index in [1.165, 1.54) is 6.07 Å². The molecule has 1 atom stereocenters. The highest BCUT2D eigenvalue weighted by Gasteiger charge is 2.13. The van der Waals surface area contributed by atoms with E-state index in [4.69, 9.17) is 0 Å². The number of H-pyrrole nitrogens is 2. The van der Waals surface area contributed by atoms with Gasteiger partial charge in [0.25, 0.3) is 0 Å². The maximum absolute atomic E-state index is 12.0. The van der Waals surface area contributed by atoms with Gasteiger partial charge in [-0.1, -0.05) is 24.3 Å². The Morgan fingerprint density at radius 1 is 1.22 bits per heavy atom. The summed E-state index contributed by atoms with van der Waals surface area (Å²) >= 11 is 0. The summed E-state index contributed by atoms with van der Waals surface area (Å²) in [6.07, 6.45) is -0.829. The van der Waals surface area contributed by atoms with Crippen LogP contribution in [0.1, 0.15) is 17.5 Å². The Hall–Kier alpha value is -2.93. The van der Waals surface area contributed by atoms with E-state index >= 15 is 0 Å². The van der Waals surface area contributed by atoms with Gasteiger partial charge in [-0.25, -0.2) is 0 Å². The third kappa shape index (κ3) is 3.46. The fourth-order valence-electron chi connectivity index (χ4n) is 2.35. The number of carbonyl (C=O) groups excluding carboxylic acids is 1. The standard InChI is InChI=1S/C16H16N4O3/c21-14(12-6-3-7-15(22)18-12)9-17-16(23)8-13-10-4-1-2-5-11(10)19-20-13/h1-7,14,21H,8-9H2,(H,17,23)(H,18,22)(H,19,20). The van der Waals surface area contributed by atoms with Crippen molar-refractivity contribution < 1.29 is 9.90 Å². The minimum Gasteiger partial charge on any atom is -0.385 e. The maximum atomic E-state index is 12.0. The van der Waals surface area contributed by atoms with E-state index < -0.39 is 6.10 Å². The zero-order valence-corrected chi connectivity index (χ0v) is 12.2. The van der Waals surface area contributed by atoms with Gasteiger partial charge in [-0.2, -0.15) is 5.10 Å². The van der Waals surface area contributed by atoms with Gasteiger partial charge in [0, 0.05) is 23.7 Å². The predicted molar refractivity (Wildman–Crippen MR) is 84.8 cm³/mol. The quantitative estimate of drug-likeness (QED) is 0.554. The van der Waals surface area contributed by atoms with E-state index in [1.54, 1.807) is 12.1 Å². The number of benzene rings is 1. The number of nitrogens with zero attached hydrogens (tertiary/aromatic N) is 1. The second-order valence-corrected chi connectivity index (χ2v) is 5.19. The molecule has 0 saturated carbocycles. The van der Waals surface area contributed by atoms with Crippen LogP contribution < -0.4 is 10.9 Å². The van der Waals surface area contributed by atoms with Crippen LogP contribution in [0.3, 0.4) is 0 Å². The molecule has 0 saturated heterocycles. The first-order valence-electron chi connectivity index (χ1n) is 7.19. The molecule has 2 aromatic heterocycles. The molecular weight excluding hydrogens is 296 g/mol. The summed E-state index contributed by atoms with van der Waals surface area (Å²) in [4.78, 5) is 25.7. The van der Waals surface area contributed by atoms with Crippen molar-refractivity contribution >= 4 is 16.8 Å². The SMILES string of the molecule is O=C(Cc1[nH]nc2ccccc12)NCC(O)c1cccc(=O)[nH]1. The van der Waals surface area contributed by atoms with Crippen LogP contribution in [0.15, 0.2) is 47.3 Å². The maximum Gasteiger partial charge on any atom is 0.248 e. The van der Waals surface area contributed by atoms with Gasteiger partial charge in [0.2, 0.25) is 11.5 Å². The Morgan fingerprint density at radius 2 is 2.04 bits per heavy atom. The summed E-state index contributed by atoms with van der Waals surface area (Å²) in [5.41, 5.74) is 1.60. The zero-order valence-electron chi connectivity index (χ0n) is 12.2. The van der Waals surface area contributed by atoms with Crippen molar-refractivity contribution in [2.45, 2.75) is 12.5 Å².